The van der Waals surface area contributed by atoms with Crippen LogP contribution in [0.1, 0.15) is 26.7 Å². The molecule has 3 nitrogen and oxygen atoms in total. The summed E-state index contributed by atoms with van der Waals surface area (Å²) in [5.41, 5.74) is -1.24. The number of amides is 1. The molecule has 0 aromatic rings. The number of rotatable bonds is 4. The van der Waals surface area contributed by atoms with E-state index in [1.54, 1.807) is 13.0 Å². The van der Waals surface area contributed by atoms with Crippen molar-refractivity contribution in [2.75, 3.05) is 6.54 Å². The Hall–Kier alpha value is -1.25. The lowest BCUT2D eigenvalue weighted by molar-refractivity contribution is -0.137. The topological polar surface area (TPSA) is 52.9 Å². The van der Waals surface area contributed by atoms with Gasteiger partial charge in [0.25, 0.3) is 0 Å². The Bertz CT molecular complexity index is 270. The summed E-state index contributed by atoms with van der Waals surface area (Å²) in [5.74, 6) is -0.656. The van der Waals surface area contributed by atoms with E-state index in [1.807, 2.05) is 0 Å². The molecule has 1 amide bonds. The Morgan fingerprint density at radius 3 is 2.33 bits per heavy atom. The van der Waals surface area contributed by atoms with E-state index in [2.05, 4.69) is 5.32 Å². The summed E-state index contributed by atoms with van der Waals surface area (Å²) in [5, 5.41) is 10.8. The third kappa shape index (κ3) is 4.68. The fourth-order valence-electron chi connectivity index (χ4n) is 0.803. The van der Waals surface area contributed by atoms with Gasteiger partial charge in [0, 0.05) is 6.54 Å². The molecule has 0 aromatic heterocycles. The van der Waals surface area contributed by atoms with Gasteiger partial charge in [-0.3, -0.25) is 4.79 Å². The summed E-state index contributed by atoms with van der Waals surface area (Å²) in [6, 6.07) is 1.78. The van der Waals surface area contributed by atoms with Gasteiger partial charge in [-0.2, -0.15) is 18.4 Å². The smallest absolute Gasteiger partial charge is 0.354 e. The van der Waals surface area contributed by atoms with Gasteiger partial charge >= 0.3 is 6.18 Å². The highest BCUT2D eigenvalue weighted by Crippen LogP contribution is 2.21. The summed E-state index contributed by atoms with van der Waals surface area (Å²) in [7, 11) is 0. The van der Waals surface area contributed by atoms with Gasteiger partial charge in [-0.1, -0.05) is 6.92 Å². The standard InChI is InChI=1S/C9H13F3N2O/c1-3-8(2,6-13)7(15)14-5-4-9(10,11)12/h3-5H2,1-2H3,(H,14,15). The van der Waals surface area contributed by atoms with Gasteiger partial charge in [-0.25, -0.2) is 0 Å². The molecule has 0 aliphatic rings. The molecule has 0 rings (SSSR count). The molecule has 0 saturated heterocycles. The first kappa shape index (κ1) is 13.8. The number of nitrogens with zero attached hydrogens (tertiary/aromatic N) is 1. The van der Waals surface area contributed by atoms with E-state index in [9.17, 15) is 18.0 Å². The molecule has 0 aliphatic heterocycles. The van der Waals surface area contributed by atoms with Crippen LogP contribution in [0.4, 0.5) is 13.2 Å². The quantitative estimate of drug-likeness (QED) is 0.790. The van der Waals surface area contributed by atoms with Crippen LogP contribution in [0.15, 0.2) is 0 Å². The van der Waals surface area contributed by atoms with E-state index in [0.29, 0.717) is 0 Å². The van der Waals surface area contributed by atoms with Gasteiger partial charge in [0.2, 0.25) is 5.91 Å². The molecular formula is C9H13F3N2O. The van der Waals surface area contributed by atoms with E-state index in [0.717, 1.165) is 0 Å². The third-order valence-corrected chi connectivity index (χ3v) is 2.15. The van der Waals surface area contributed by atoms with Crippen LogP contribution in [0, 0.1) is 16.7 Å². The van der Waals surface area contributed by atoms with Crippen molar-refractivity contribution in [3.8, 4) is 6.07 Å². The maximum Gasteiger partial charge on any atom is 0.390 e. The van der Waals surface area contributed by atoms with E-state index in [-0.39, 0.29) is 6.42 Å². The minimum Gasteiger partial charge on any atom is -0.354 e. The molecule has 0 bridgehead atoms. The fraction of sp³-hybridized carbons (Fsp3) is 0.778. The molecular weight excluding hydrogens is 209 g/mol. The maximum atomic E-state index is 11.8. The SMILES string of the molecule is CCC(C)(C#N)C(=O)NCCC(F)(F)F. The number of nitrogens with one attached hydrogen (secondary N) is 1. The van der Waals surface area contributed by atoms with Gasteiger partial charge in [0.1, 0.15) is 5.41 Å². The summed E-state index contributed by atoms with van der Waals surface area (Å²) in [6.45, 7) is 2.54. The predicted octanol–water partition coefficient (Wildman–Crippen LogP) is 1.99. The first-order valence-corrected chi connectivity index (χ1v) is 4.51. The molecule has 0 saturated carbocycles. The van der Waals surface area contributed by atoms with Crippen LogP contribution in [-0.2, 0) is 4.79 Å². The minimum atomic E-state index is -4.29. The molecule has 15 heavy (non-hydrogen) atoms. The van der Waals surface area contributed by atoms with Crippen LogP contribution < -0.4 is 5.32 Å². The zero-order chi connectivity index (χ0) is 12.1. The highest BCUT2D eigenvalue weighted by Gasteiger charge is 2.32. The summed E-state index contributed by atoms with van der Waals surface area (Å²) in [4.78, 5) is 11.3. The van der Waals surface area contributed by atoms with Crippen LogP contribution in [0.25, 0.3) is 0 Å². The van der Waals surface area contributed by atoms with E-state index in [4.69, 9.17) is 5.26 Å². The summed E-state index contributed by atoms with van der Waals surface area (Å²) < 4.78 is 35.3. The molecule has 0 radical (unpaired) electrons. The van der Waals surface area contributed by atoms with E-state index < -0.39 is 30.5 Å². The molecule has 0 aliphatic carbocycles. The molecule has 0 aromatic carbocycles. The van der Waals surface area contributed by atoms with Crippen LogP contribution in [0.2, 0.25) is 0 Å². The second-order valence-corrected chi connectivity index (χ2v) is 3.42. The minimum absolute atomic E-state index is 0.265. The van der Waals surface area contributed by atoms with Crippen LogP contribution >= 0.6 is 0 Å². The molecule has 6 heteroatoms. The van der Waals surface area contributed by atoms with E-state index in [1.165, 1.54) is 6.92 Å². The Morgan fingerprint density at radius 1 is 1.47 bits per heavy atom. The van der Waals surface area contributed by atoms with Gasteiger partial charge in [-0.15, -0.1) is 0 Å². The Morgan fingerprint density at radius 2 is 2.00 bits per heavy atom. The number of hydrogen-bond acceptors (Lipinski definition) is 2. The summed E-state index contributed by atoms with van der Waals surface area (Å²) >= 11 is 0. The molecule has 0 spiro atoms. The van der Waals surface area contributed by atoms with Gasteiger partial charge < -0.3 is 5.32 Å². The zero-order valence-electron chi connectivity index (χ0n) is 8.61. The second-order valence-electron chi connectivity index (χ2n) is 3.42. The summed E-state index contributed by atoms with van der Waals surface area (Å²) in [6.07, 6.45) is -5.10. The number of carbonyl (C=O) groups excluding carboxylic acids is 1. The molecule has 1 N–H and O–H groups in total. The van der Waals surface area contributed by atoms with E-state index >= 15 is 0 Å². The molecule has 86 valence electrons. The average Bonchev–Trinajstić information content (AvgIpc) is 2.14. The molecule has 1 unspecified atom stereocenters. The number of carbonyl (C=O) groups is 1. The Balaban J connectivity index is 4.11. The van der Waals surface area contributed by atoms with Gasteiger partial charge in [0.15, 0.2) is 0 Å². The lowest BCUT2D eigenvalue weighted by Crippen LogP contribution is -2.39. The average molecular weight is 222 g/mol. The van der Waals surface area contributed by atoms with Gasteiger partial charge in [-0.05, 0) is 13.3 Å². The fourth-order valence-corrected chi connectivity index (χ4v) is 0.803. The first-order valence-electron chi connectivity index (χ1n) is 4.51. The second kappa shape index (κ2) is 5.01. The Labute approximate surface area is 86.3 Å². The normalized spacial score (nSPS) is 15.2. The van der Waals surface area contributed by atoms with Crippen LogP contribution in [0.5, 0.6) is 0 Å². The Kier molecular flexibility index (Phi) is 4.59. The van der Waals surface area contributed by atoms with Crippen molar-refractivity contribution in [1.29, 1.82) is 5.26 Å². The highest BCUT2D eigenvalue weighted by atomic mass is 19.4. The molecule has 0 heterocycles. The van der Waals surface area contributed by atoms with Crippen molar-refractivity contribution >= 4 is 5.91 Å². The number of nitriles is 1. The lowest BCUT2D eigenvalue weighted by Gasteiger charge is -2.18. The van der Waals surface area contributed by atoms with Crippen molar-refractivity contribution in [2.45, 2.75) is 32.9 Å². The zero-order valence-corrected chi connectivity index (χ0v) is 8.61. The van der Waals surface area contributed by atoms with Crippen LogP contribution in [-0.4, -0.2) is 18.6 Å². The van der Waals surface area contributed by atoms with Crippen molar-refractivity contribution in [2.24, 2.45) is 5.41 Å². The molecule has 0 fully saturated rings. The van der Waals surface area contributed by atoms with Crippen molar-refractivity contribution in [3.63, 3.8) is 0 Å². The monoisotopic (exact) mass is 222 g/mol. The number of hydrogen-bond donors (Lipinski definition) is 1. The maximum absolute atomic E-state index is 11.8. The highest BCUT2D eigenvalue weighted by molar-refractivity contribution is 5.84. The van der Waals surface area contributed by atoms with Gasteiger partial charge in [0.05, 0.1) is 12.5 Å². The van der Waals surface area contributed by atoms with Crippen LogP contribution in [0.3, 0.4) is 0 Å². The largest absolute Gasteiger partial charge is 0.390 e. The first-order chi connectivity index (χ1) is 6.75. The molecule has 1 atom stereocenters. The van der Waals surface area contributed by atoms with Crippen molar-refractivity contribution in [1.82, 2.24) is 5.32 Å². The lowest BCUT2D eigenvalue weighted by atomic mass is 9.88. The third-order valence-electron chi connectivity index (χ3n) is 2.15. The van der Waals surface area contributed by atoms with Crippen molar-refractivity contribution < 1.29 is 18.0 Å². The van der Waals surface area contributed by atoms with Crippen molar-refractivity contribution in [3.05, 3.63) is 0 Å². The number of alkyl halides is 3. The number of halogens is 3. The predicted molar refractivity (Wildman–Crippen MR) is 47.7 cm³/mol.